The molecule has 29 heavy (non-hydrogen) atoms. The van der Waals surface area contributed by atoms with E-state index in [4.69, 9.17) is 0 Å². The molecule has 6 nitrogen and oxygen atoms in total. The van der Waals surface area contributed by atoms with Crippen molar-refractivity contribution in [2.24, 2.45) is 5.41 Å². The molecule has 0 N–H and O–H groups in total. The molecule has 6 heteroatoms. The molecular weight excluding hydrogens is 364 g/mol. The highest BCUT2D eigenvalue weighted by molar-refractivity contribution is 5.78. The van der Waals surface area contributed by atoms with E-state index in [2.05, 4.69) is 9.97 Å². The van der Waals surface area contributed by atoms with Crippen molar-refractivity contribution in [3.05, 3.63) is 60.2 Å². The van der Waals surface area contributed by atoms with Crippen LogP contribution in [0, 0.1) is 5.41 Å². The van der Waals surface area contributed by atoms with Crippen molar-refractivity contribution in [3.8, 4) is 0 Å². The lowest BCUT2D eigenvalue weighted by atomic mass is 9.72. The molecule has 0 saturated carbocycles. The maximum Gasteiger partial charge on any atom is 0.222 e. The number of likely N-dealkylation sites (tertiary alicyclic amines) is 2. The van der Waals surface area contributed by atoms with E-state index in [9.17, 15) is 9.59 Å². The Morgan fingerprint density at radius 2 is 1.93 bits per heavy atom. The molecule has 2 aromatic heterocycles. The lowest BCUT2D eigenvalue weighted by Crippen LogP contribution is -2.52. The van der Waals surface area contributed by atoms with Crippen LogP contribution >= 0.6 is 0 Å². The number of aryl methyl sites for hydroxylation is 1. The molecule has 2 aliphatic rings. The quantitative estimate of drug-likeness (QED) is 0.785. The van der Waals surface area contributed by atoms with Gasteiger partial charge in [-0.2, -0.15) is 0 Å². The number of pyridine rings is 2. The van der Waals surface area contributed by atoms with Crippen molar-refractivity contribution in [2.45, 2.75) is 45.1 Å². The van der Waals surface area contributed by atoms with Gasteiger partial charge in [0.2, 0.25) is 11.8 Å². The zero-order valence-corrected chi connectivity index (χ0v) is 16.8. The zero-order valence-electron chi connectivity index (χ0n) is 16.8. The number of hydrogen-bond donors (Lipinski definition) is 0. The largest absolute Gasteiger partial charge is 0.343 e. The van der Waals surface area contributed by atoms with E-state index >= 15 is 0 Å². The second-order valence-electron chi connectivity index (χ2n) is 8.31. The highest BCUT2D eigenvalue weighted by atomic mass is 16.2. The summed E-state index contributed by atoms with van der Waals surface area (Å²) < 4.78 is 0. The third-order valence-corrected chi connectivity index (χ3v) is 6.35. The standard InChI is InChI=1S/C23H28N4O2/c28-21(7-6-19-4-3-12-24-16-19)26-14-10-23(11-15-26)9-8-22(29)27(18-23)17-20-5-1-2-13-25-20/h1-5,12-13,16H,6-11,14-15,17-18H2. The van der Waals surface area contributed by atoms with Gasteiger partial charge >= 0.3 is 0 Å². The number of aromatic nitrogens is 2. The number of piperidine rings is 2. The van der Waals surface area contributed by atoms with Crippen LogP contribution < -0.4 is 0 Å². The topological polar surface area (TPSA) is 66.4 Å². The first-order valence-corrected chi connectivity index (χ1v) is 10.5. The molecule has 0 unspecified atom stereocenters. The number of rotatable bonds is 5. The maximum atomic E-state index is 12.6. The second-order valence-corrected chi connectivity index (χ2v) is 8.31. The van der Waals surface area contributed by atoms with Gasteiger partial charge in [0.25, 0.3) is 0 Å². The Morgan fingerprint density at radius 3 is 2.66 bits per heavy atom. The molecule has 0 bridgehead atoms. The van der Waals surface area contributed by atoms with Gasteiger partial charge in [-0.15, -0.1) is 0 Å². The number of hydrogen-bond acceptors (Lipinski definition) is 4. The Morgan fingerprint density at radius 1 is 1.07 bits per heavy atom. The smallest absolute Gasteiger partial charge is 0.222 e. The SMILES string of the molecule is O=C(CCc1cccnc1)N1CCC2(CCC(=O)N(Cc3ccccn3)C2)CC1. The fourth-order valence-corrected chi connectivity index (χ4v) is 4.53. The average Bonchev–Trinajstić information content (AvgIpc) is 2.77. The molecule has 4 rings (SSSR count). The van der Waals surface area contributed by atoms with Gasteiger partial charge in [0, 0.05) is 51.1 Å². The van der Waals surface area contributed by atoms with Crippen molar-refractivity contribution < 1.29 is 9.59 Å². The highest BCUT2D eigenvalue weighted by Gasteiger charge is 2.41. The fourth-order valence-electron chi connectivity index (χ4n) is 4.53. The van der Waals surface area contributed by atoms with Crippen LogP contribution in [-0.4, -0.2) is 51.2 Å². The molecule has 4 heterocycles. The van der Waals surface area contributed by atoms with Gasteiger partial charge in [0.1, 0.15) is 0 Å². The van der Waals surface area contributed by atoms with Crippen LogP contribution in [0.1, 0.15) is 43.4 Å². The van der Waals surface area contributed by atoms with E-state index in [0.29, 0.717) is 19.4 Å². The molecule has 0 aliphatic carbocycles. The molecular formula is C23H28N4O2. The van der Waals surface area contributed by atoms with Gasteiger partial charge in [-0.1, -0.05) is 12.1 Å². The fraction of sp³-hybridized carbons (Fsp3) is 0.478. The van der Waals surface area contributed by atoms with E-state index in [0.717, 1.165) is 56.6 Å². The summed E-state index contributed by atoms with van der Waals surface area (Å²) in [6.07, 6.45) is 10.1. The van der Waals surface area contributed by atoms with Gasteiger partial charge < -0.3 is 9.80 Å². The molecule has 2 amide bonds. The first kappa shape index (κ1) is 19.6. The monoisotopic (exact) mass is 392 g/mol. The summed E-state index contributed by atoms with van der Waals surface area (Å²) in [4.78, 5) is 37.5. The lowest BCUT2D eigenvalue weighted by Gasteiger charge is -2.47. The molecule has 0 aromatic carbocycles. The lowest BCUT2D eigenvalue weighted by molar-refractivity contribution is -0.143. The normalized spacial score (nSPS) is 18.8. The van der Waals surface area contributed by atoms with Crippen LogP contribution in [0.4, 0.5) is 0 Å². The van der Waals surface area contributed by atoms with Crippen molar-refractivity contribution >= 4 is 11.8 Å². The number of nitrogens with zero attached hydrogens (tertiary/aromatic N) is 4. The van der Waals surface area contributed by atoms with Gasteiger partial charge in [-0.05, 0) is 54.9 Å². The first-order chi connectivity index (χ1) is 14.1. The Hall–Kier alpha value is -2.76. The predicted octanol–water partition coefficient (Wildman–Crippen LogP) is 2.84. The van der Waals surface area contributed by atoms with Crippen molar-refractivity contribution in [1.82, 2.24) is 19.8 Å². The van der Waals surface area contributed by atoms with Gasteiger partial charge in [-0.3, -0.25) is 19.6 Å². The maximum absolute atomic E-state index is 12.6. The average molecular weight is 393 g/mol. The third kappa shape index (κ3) is 4.81. The van der Waals surface area contributed by atoms with Crippen LogP contribution in [0.5, 0.6) is 0 Å². The van der Waals surface area contributed by atoms with Crippen LogP contribution in [-0.2, 0) is 22.6 Å². The van der Waals surface area contributed by atoms with Crippen LogP contribution in [0.25, 0.3) is 0 Å². The summed E-state index contributed by atoms with van der Waals surface area (Å²) in [6.45, 7) is 2.93. The van der Waals surface area contributed by atoms with Crippen molar-refractivity contribution in [2.75, 3.05) is 19.6 Å². The summed E-state index contributed by atoms with van der Waals surface area (Å²) in [5, 5.41) is 0. The summed E-state index contributed by atoms with van der Waals surface area (Å²) >= 11 is 0. The van der Waals surface area contributed by atoms with Gasteiger partial charge in [-0.25, -0.2) is 0 Å². The molecule has 2 fully saturated rings. The molecule has 2 aliphatic heterocycles. The van der Waals surface area contributed by atoms with Crippen LogP contribution in [0.3, 0.4) is 0 Å². The van der Waals surface area contributed by atoms with Gasteiger partial charge in [0.05, 0.1) is 12.2 Å². The Bertz CT molecular complexity index is 832. The minimum absolute atomic E-state index is 0.142. The number of amides is 2. The minimum Gasteiger partial charge on any atom is -0.343 e. The number of carbonyl (C=O) groups excluding carboxylic acids is 2. The summed E-state index contributed by atoms with van der Waals surface area (Å²) in [6, 6.07) is 9.75. The van der Waals surface area contributed by atoms with E-state index in [-0.39, 0.29) is 17.2 Å². The Labute approximate surface area is 172 Å². The summed E-state index contributed by atoms with van der Waals surface area (Å²) in [7, 11) is 0. The van der Waals surface area contributed by atoms with E-state index in [1.807, 2.05) is 46.3 Å². The molecule has 1 spiro atoms. The van der Waals surface area contributed by atoms with E-state index in [1.165, 1.54) is 0 Å². The molecule has 2 aromatic rings. The predicted molar refractivity (Wildman–Crippen MR) is 110 cm³/mol. The van der Waals surface area contributed by atoms with Crippen molar-refractivity contribution in [1.29, 1.82) is 0 Å². The molecule has 0 radical (unpaired) electrons. The van der Waals surface area contributed by atoms with Crippen LogP contribution in [0.15, 0.2) is 48.9 Å². The van der Waals surface area contributed by atoms with Crippen molar-refractivity contribution in [3.63, 3.8) is 0 Å². The molecule has 152 valence electrons. The van der Waals surface area contributed by atoms with E-state index < -0.39 is 0 Å². The zero-order chi connectivity index (χ0) is 20.1. The minimum atomic E-state index is 0.142. The van der Waals surface area contributed by atoms with E-state index in [1.54, 1.807) is 12.4 Å². The van der Waals surface area contributed by atoms with Crippen LogP contribution in [0.2, 0.25) is 0 Å². The molecule has 2 saturated heterocycles. The highest BCUT2D eigenvalue weighted by Crippen LogP contribution is 2.40. The Kier molecular flexibility index (Phi) is 5.88. The second kappa shape index (κ2) is 8.72. The Balaban J connectivity index is 1.30. The summed E-state index contributed by atoms with van der Waals surface area (Å²) in [5.74, 6) is 0.442. The number of carbonyl (C=O) groups is 2. The molecule has 0 atom stereocenters. The first-order valence-electron chi connectivity index (χ1n) is 10.5. The summed E-state index contributed by atoms with van der Waals surface area (Å²) in [5.41, 5.74) is 2.18. The van der Waals surface area contributed by atoms with Gasteiger partial charge in [0.15, 0.2) is 0 Å². The third-order valence-electron chi connectivity index (χ3n) is 6.35.